The number of carboxylic acid groups (broad SMARTS) is 1. The van der Waals surface area contributed by atoms with E-state index in [-0.39, 0.29) is 17.3 Å². The number of anilines is 1. The van der Waals surface area contributed by atoms with Crippen LogP contribution in [0, 0.1) is 27.4 Å². The van der Waals surface area contributed by atoms with Crippen LogP contribution in [0.4, 0.5) is 11.5 Å². The number of hydrogen-bond donors (Lipinski definition) is 2. The molecule has 100 valence electrons. The van der Waals surface area contributed by atoms with Crippen LogP contribution >= 0.6 is 0 Å². The lowest BCUT2D eigenvalue weighted by atomic mass is 10.0. The van der Waals surface area contributed by atoms with Gasteiger partial charge in [0, 0.05) is 12.3 Å². The molecule has 1 aromatic heterocycles. The highest BCUT2D eigenvalue weighted by atomic mass is 16.6. The minimum Gasteiger partial charge on any atom is -0.480 e. The highest BCUT2D eigenvalue weighted by molar-refractivity contribution is 5.78. The maximum absolute atomic E-state index is 11.0. The Morgan fingerprint density at radius 3 is 2.68 bits per heavy atom. The lowest BCUT2D eigenvalue weighted by Crippen LogP contribution is -2.34. The van der Waals surface area contributed by atoms with Crippen LogP contribution in [0.25, 0.3) is 0 Å². The summed E-state index contributed by atoms with van der Waals surface area (Å²) in [5, 5.41) is 31.1. The molecular weight excluding hydrogens is 252 g/mol. The fourth-order valence-electron chi connectivity index (χ4n) is 1.43. The molecule has 0 amide bonds. The Balaban J connectivity index is 3.17. The number of carbonyl (C=O) groups is 1. The predicted octanol–water partition coefficient (Wildman–Crippen LogP) is 1.38. The van der Waals surface area contributed by atoms with E-state index in [2.05, 4.69) is 10.3 Å². The van der Waals surface area contributed by atoms with E-state index in [1.54, 1.807) is 19.9 Å². The third-order valence-corrected chi connectivity index (χ3v) is 2.42. The number of aromatic nitrogens is 1. The Labute approximate surface area is 108 Å². The normalized spacial score (nSPS) is 11.7. The number of pyridine rings is 1. The number of hydrogen-bond acceptors (Lipinski definition) is 6. The zero-order valence-electron chi connectivity index (χ0n) is 10.3. The lowest BCUT2D eigenvalue weighted by molar-refractivity contribution is -0.384. The van der Waals surface area contributed by atoms with Gasteiger partial charge in [-0.25, -0.2) is 9.78 Å². The Hall–Kier alpha value is -2.69. The molecule has 1 unspecified atom stereocenters. The van der Waals surface area contributed by atoms with E-state index in [1.165, 1.54) is 0 Å². The molecule has 19 heavy (non-hydrogen) atoms. The maximum atomic E-state index is 11.0. The fourth-order valence-corrected chi connectivity index (χ4v) is 1.43. The van der Waals surface area contributed by atoms with Crippen molar-refractivity contribution in [3.05, 3.63) is 27.9 Å². The van der Waals surface area contributed by atoms with Crippen molar-refractivity contribution >= 4 is 17.5 Å². The average Bonchev–Trinajstić information content (AvgIpc) is 2.34. The molecule has 0 radical (unpaired) electrons. The SMILES string of the molecule is CC(C)C(Nc1ncc(C#N)cc1[N+](=O)[O-])C(=O)O. The molecule has 1 aromatic rings. The standard InChI is InChI=1S/C11H12N4O4/c1-6(2)9(11(16)17)14-10-8(15(18)19)3-7(4-12)5-13-10/h3,5-6,9H,1-2H3,(H,13,14)(H,16,17). The third kappa shape index (κ3) is 3.38. The third-order valence-electron chi connectivity index (χ3n) is 2.42. The minimum atomic E-state index is -1.13. The fraction of sp³-hybridized carbons (Fsp3) is 0.364. The van der Waals surface area contributed by atoms with Crippen LogP contribution in [0.5, 0.6) is 0 Å². The second-order valence-electron chi connectivity index (χ2n) is 4.16. The largest absolute Gasteiger partial charge is 0.480 e. The van der Waals surface area contributed by atoms with Crippen LogP contribution < -0.4 is 5.32 Å². The molecular formula is C11H12N4O4. The first kappa shape index (κ1) is 14.4. The molecule has 1 rings (SSSR count). The molecule has 0 bridgehead atoms. The van der Waals surface area contributed by atoms with E-state index in [4.69, 9.17) is 10.4 Å². The van der Waals surface area contributed by atoms with E-state index < -0.39 is 22.6 Å². The summed E-state index contributed by atoms with van der Waals surface area (Å²) in [4.78, 5) is 24.9. The van der Waals surface area contributed by atoms with Crippen molar-refractivity contribution in [2.45, 2.75) is 19.9 Å². The molecule has 0 saturated heterocycles. The van der Waals surface area contributed by atoms with Crippen molar-refractivity contribution in [2.24, 2.45) is 5.92 Å². The highest BCUT2D eigenvalue weighted by Gasteiger charge is 2.26. The molecule has 0 saturated carbocycles. The Morgan fingerprint density at radius 2 is 2.26 bits per heavy atom. The molecule has 0 aliphatic carbocycles. The predicted molar refractivity (Wildman–Crippen MR) is 65.5 cm³/mol. The number of carboxylic acids is 1. The van der Waals surface area contributed by atoms with E-state index in [9.17, 15) is 14.9 Å². The van der Waals surface area contributed by atoms with Crippen LogP contribution in [0.15, 0.2) is 12.3 Å². The number of nitriles is 1. The van der Waals surface area contributed by atoms with Crippen molar-refractivity contribution in [2.75, 3.05) is 5.32 Å². The second kappa shape index (κ2) is 5.77. The van der Waals surface area contributed by atoms with Crippen LogP contribution in [-0.2, 0) is 4.79 Å². The average molecular weight is 264 g/mol. The summed E-state index contributed by atoms with van der Waals surface area (Å²) in [6.07, 6.45) is 1.15. The molecule has 0 aliphatic rings. The molecule has 0 fully saturated rings. The van der Waals surface area contributed by atoms with Crippen LogP contribution in [0.3, 0.4) is 0 Å². The summed E-state index contributed by atoms with van der Waals surface area (Å²) in [6.45, 7) is 3.34. The molecule has 0 spiro atoms. The van der Waals surface area contributed by atoms with E-state index >= 15 is 0 Å². The van der Waals surface area contributed by atoms with Gasteiger partial charge in [0.05, 0.1) is 10.5 Å². The number of nitrogens with zero attached hydrogens (tertiary/aromatic N) is 3. The first-order valence-electron chi connectivity index (χ1n) is 5.40. The van der Waals surface area contributed by atoms with Gasteiger partial charge in [-0.15, -0.1) is 0 Å². The summed E-state index contributed by atoms with van der Waals surface area (Å²) >= 11 is 0. The van der Waals surface area contributed by atoms with Crippen molar-refractivity contribution in [3.63, 3.8) is 0 Å². The van der Waals surface area contributed by atoms with Gasteiger partial charge in [-0.05, 0) is 5.92 Å². The van der Waals surface area contributed by atoms with Gasteiger partial charge in [0.2, 0.25) is 5.82 Å². The maximum Gasteiger partial charge on any atom is 0.326 e. The van der Waals surface area contributed by atoms with Gasteiger partial charge in [-0.1, -0.05) is 13.8 Å². The van der Waals surface area contributed by atoms with Gasteiger partial charge < -0.3 is 10.4 Å². The molecule has 0 aromatic carbocycles. The summed E-state index contributed by atoms with van der Waals surface area (Å²) < 4.78 is 0. The zero-order chi connectivity index (χ0) is 14.6. The summed E-state index contributed by atoms with van der Waals surface area (Å²) in [6, 6.07) is 1.79. The summed E-state index contributed by atoms with van der Waals surface area (Å²) in [5.41, 5.74) is -0.389. The molecule has 1 atom stereocenters. The minimum absolute atomic E-state index is 0.0358. The smallest absolute Gasteiger partial charge is 0.326 e. The highest BCUT2D eigenvalue weighted by Crippen LogP contribution is 2.24. The molecule has 2 N–H and O–H groups in total. The topological polar surface area (TPSA) is 129 Å². The molecule has 8 nitrogen and oxygen atoms in total. The number of nitro groups is 1. The monoisotopic (exact) mass is 264 g/mol. The van der Waals surface area contributed by atoms with Gasteiger partial charge >= 0.3 is 11.7 Å². The van der Waals surface area contributed by atoms with Crippen molar-refractivity contribution in [1.29, 1.82) is 5.26 Å². The van der Waals surface area contributed by atoms with Crippen molar-refractivity contribution in [3.8, 4) is 6.07 Å². The first-order valence-corrected chi connectivity index (χ1v) is 5.40. The van der Waals surface area contributed by atoms with Crippen molar-refractivity contribution in [1.82, 2.24) is 4.98 Å². The first-order chi connectivity index (χ1) is 8.86. The van der Waals surface area contributed by atoms with Gasteiger partial charge in [-0.3, -0.25) is 10.1 Å². The molecule has 0 aliphatic heterocycles. The van der Waals surface area contributed by atoms with Gasteiger partial charge in [0.1, 0.15) is 12.1 Å². The van der Waals surface area contributed by atoms with Crippen LogP contribution in [0.1, 0.15) is 19.4 Å². The van der Waals surface area contributed by atoms with Gasteiger partial charge in [0.25, 0.3) is 0 Å². The summed E-state index contributed by atoms with van der Waals surface area (Å²) in [5.74, 6) is -1.57. The lowest BCUT2D eigenvalue weighted by Gasteiger charge is -2.18. The Bertz CT molecular complexity index is 550. The van der Waals surface area contributed by atoms with Gasteiger partial charge in [-0.2, -0.15) is 5.26 Å². The Morgan fingerprint density at radius 1 is 1.63 bits per heavy atom. The molecule has 8 heteroatoms. The Kier molecular flexibility index (Phi) is 4.36. The van der Waals surface area contributed by atoms with Gasteiger partial charge in [0.15, 0.2) is 0 Å². The number of nitrogens with one attached hydrogen (secondary N) is 1. The van der Waals surface area contributed by atoms with E-state index in [0.717, 1.165) is 12.3 Å². The zero-order valence-corrected chi connectivity index (χ0v) is 10.3. The number of rotatable bonds is 5. The van der Waals surface area contributed by atoms with Crippen LogP contribution in [-0.4, -0.2) is 27.0 Å². The number of aliphatic carboxylic acids is 1. The van der Waals surface area contributed by atoms with E-state index in [0.29, 0.717) is 0 Å². The van der Waals surface area contributed by atoms with Crippen LogP contribution in [0.2, 0.25) is 0 Å². The molecule has 1 heterocycles. The quantitative estimate of drug-likeness (QED) is 0.606. The van der Waals surface area contributed by atoms with Crippen molar-refractivity contribution < 1.29 is 14.8 Å². The summed E-state index contributed by atoms with van der Waals surface area (Å²) in [7, 11) is 0. The second-order valence-corrected chi connectivity index (χ2v) is 4.16. The van der Waals surface area contributed by atoms with E-state index in [1.807, 2.05) is 0 Å².